The summed E-state index contributed by atoms with van der Waals surface area (Å²) in [5, 5.41) is 12.6. The standard InChI is InChI=1S/C21H17Cl2N5O2S/c1-30-18-7-3-2-6-14(18)13-31-21-26-25-19(20(29)28(21)27-10-4-5-11-27)24-15-8-9-16(22)17(23)12-15/h2-12H,13H2,1H3,(H,24,25). The molecule has 2 aromatic heterocycles. The van der Waals surface area contributed by atoms with Crippen LogP contribution >= 0.6 is 35.0 Å². The van der Waals surface area contributed by atoms with Crippen LogP contribution in [0.1, 0.15) is 5.56 Å². The SMILES string of the molecule is COc1ccccc1CSc1nnc(Nc2ccc(Cl)c(Cl)c2)c(=O)n1-n1cccc1. The molecule has 0 unspecified atom stereocenters. The van der Waals surface area contributed by atoms with E-state index >= 15 is 0 Å². The highest BCUT2D eigenvalue weighted by Gasteiger charge is 2.15. The number of anilines is 2. The Morgan fingerprint density at radius 2 is 1.81 bits per heavy atom. The van der Waals surface area contributed by atoms with Crippen molar-refractivity contribution in [1.29, 1.82) is 0 Å². The van der Waals surface area contributed by atoms with E-state index in [-0.39, 0.29) is 11.4 Å². The minimum absolute atomic E-state index is 0.0636. The third kappa shape index (κ3) is 4.71. The summed E-state index contributed by atoms with van der Waals surface area (Å²) in [5.74, 6) is 1.39. The Bertz CT molecular complexity index is 1260. The highest BCUT2D eigenvalue weighted by molar-refractivity contribution is 7.98. The number of methoxy groups -OCH3 is 1. The quantitative estimate of drug-likeness (QED) is 0.376. The molecule has 0 fully saturated rings. The minimum atomic E-state index is -0.361. The van der Waals surface area contributed by atoms with Gasteiger partial charge >= 0.3 is 5.56 Å². The van der Waals surface area contributed by atoms with Gasteiger partial charge in [-0.2, -0.15) is 4.68 Å². The van der Waals surface area contributed by atoms with Crippen LogP contribution in [0.5, 0.6) is 5.75 Å². The number of ether oxygens (including phenoxy) is 1. The molecule has 0 spiro atoms. The first-order valence-corrected chi connectivity index (χ1v) is 10.9. The first-order valence-electron chi connectivity index (χ1n) is 9.17. The molecule has 0 bridgehead atoms. The lowest BCUT2D eigenvalue weighted by Crippen LogP contribution is -2.30. The smallest absolute Gasteiger partial charge is 0.316 e. The summed E-state index contributed by atoms with van der Waals surface area (Å²) in [5.41, 5.74) is 1.20. The second kappa shape index (κ2) is 9.47. The predicted molar refractivity (Wildman–Crippen MR) is 124 cm³/mol. The molecule has 2 heterocycles. The fraction of sp³-hybridized carbons (Fsp3) is 0.0952. The van der Waals surface area contributed by atoms with Crippen molar-refractivity contribution in [3.63, 3.8) is 0 Å². The molecule has 7 nitrogen and oxygen atoms in total. The van der Waals surface area contributed by atoms with Crippen molar-refractivity contribution in [2.75, 3.05) is 12.4 Å². The summed E-state index contributed by atoms with van der Waals surface area (Å²) in [4.78, 5) is 13.3. The van der Waals surface area contributed by atoms with Gasteiger partial charge in [0.15, 0.2) is 0 Å². The molecule has 0 atom stereocenters. The molecular formula is C21H17Cl2N5O2S. The summed E-state index contributed by atoms with van der Waals surface area (Å²) in [6.45, 7) is 0. The maximum absolute atomic E-state index is 13.3. The Kier molecular flexibility index (Phi) is 6.50. The zero-order chi connectivity index (χ0) is 21.8. The van der Waals surface area contributed by atoms with E-state index < -0.39 is 0 Å². The van der Waals surface area contributed by atoms with Crippen LogP contribution in [0.2, 0.25) is 10.0 Å². The molecule has 0 aliphatic rings. The van der Waals surface area contributed by atoms with Gasteiger partial charge in [-0.3, -0.25) is 9.47 Å². The van der Waals surface area contributed by atoms with E-state index in [1.165, 1.54) is 16.4 Å². The van der Waals surface area contributed by atoms with E-state index in [2.05, 4.69) is 15.5 Å². The van der Waals surface area contributed by atoms with E-state index in [0.29, 0.717) is 26.6 Å². The van der Waals surface area contributed by atoms with Crippen LogP contribution in [0, 0.1) is 0 Å². The van der Waals surface area contributed by atoms with E-state index in [4.69, 9.17) is 27.9 Å². The molecule has 0 aliphatic carbocycles. The molecule has 158 valence electrons. The number of nitrogens with one attached hydrogen (secondary N) is 1. The number of hydrogen-bond acceptors (Lipinski definition) is 6. The summed E-state index contributed by atoms with van der Waals surface area (Å²) >= 11 is 13.4. The lowest BCUT2D eigenvalue weighted by Gasteiger charge is -2.14. The van der Waals surface area contributed by atoms with Gasteiger partial charge in [0.05, 0.1) is 17.2 Å². The largest absolute Gasteiger partial charge is 0.496 e. The third-order valence-electron chi connectivity index (χ3n) is 4.36. The Balaban J connectivity index is 1.68. The average molecular weight is 474 g/mol. The van der Waals surface area contributed by atoms with Crippen LogP contribution < -0.4 is 15.6 Å². The van der Waals surface area contributed by atoms with Crippen LogP contribution in [-0.2, 0) is 5.75 Å². The van der Waals surface area contributed by atoms with Gasteiger partial charge in [0.1, 0.15) is 5.75 Å². The molecular weight excluding hydrogens is 457 g/mol. The van der Waals surface area contributed by atoms with Crippen LogP contribution in [-0.4, -0.2) is 26.7 Å². The maximum atomic E-state index is 13.3. The van der Waals surface area contributed by atoms with Gasteiger partial charge in [-0.05, 0) is 36.4 Å². The molecule has 0 amide bonds. The average Bonchev–Trinajstić information content (AvgIpc) is 3.31. The molecule has 0 aliphatic heterocycles. The minimum Gasteiger partial charge on any atom is -0.496 e. The number of para-hydroxylation sites is 1. The Morgan fingerprint density at radius 3 is 2.55 bits per heavy atom. The highest BCUT2D eigenvalue weighted by Crippen LogP contribution is 2.28. The van der Waals surface area contributed by atoms with Crippen LogP contribution in [0.15, 0.2) is 76.9 Å². The number of thioether (sulfide) groups is 1. The number of aromatic nitrogens is 4. The molecule has 4 aromatic rings. The van der Waals surface area contributed by atoms with Gasteiger partial charge in [-0.25, -0.2) is 0 Å². The van der Waals surface area contributed by atoms with E-state index in [0.717, 1.165) is 11.3 Å². The molecule has 0 saturated heterocycles. The van der Waals surface area contributed by atoms with Crippen molar-refractivity contribution in [3.05, 3.63) is 93.0 Å². The summed E-state index contributed by atoms with van der Waals surface area (Å²) in [7, 11) is 1.63. The zero-order valence-electron chi connectivity index (χ0n) is 16.3. The summed E-state index contributed by atoms with van der Waals surface area (Å²) in [6.07, 6.45) is 3.53. The van der Waals surface area contributed by atoms with Crippen molar-refractivity contribution < 1.29 is 4.74 Å². The van der Waals surface area contributed by atoms with E-state index in [1.54, 1.807) is 42.4 Å². The first kappa shape index (κ1) is 21.3. The van der Waals surface area contributed by atoms with Gasteiger partial charge < -0.3 is 10.1 Å². The monoisotopic (exact) mass is 473 g/mol. The third-order valence-corrected chi connectivity index (χ3v) is 6.07. The Morgan fingerprint density at radius 1 is 1.03 bits per heavy atom. The number of benzene rings is 2. The second-order valence-electron chi connectivity index (χ2n) is 6.37. The normalized spacial score (nSPS) is 10.8. The first-order chi connectivity index (χ1) is 15.1. The van der Waals surface area contributed by atoms with Gasteiger partial charge in [0.25, 0.3) is 0 Å². The van der Waals surface area contributed by atoms with Gasteiger partial charge in [-0.15, -0.1) is 10.2 Å². The van der Waals surface area contributed by atoms with Crippen molar-refractivity contribution in [1.82, 2.24) is 19.5 Å². The zero-order valence-corrected chi connectivity index (χ0v) is 18.7. The number of rotatable bonds is 7. The fourth-order valence-corrected chi connectivity index (χ4v) is 4.09. The number of hydrogen-bond donors (Lipinski definition) is 1. The topological polar surface area (TPSA) is 74.0 Å². The van der Waals surface area contributed by atoms with Crippen LogP contribution in [0.4, 0.5) is 11.5 Å². The van der Waals surface area contributed by atoms with Gasteiger partial charge in [0, 0.05) is 29.4 Å². The lowest BCUT2D eigenvalue weighted by molar-refractivity contribution is 0.411. The van der Waals surface area contributed by atoms with Crippen molar-refractivity contribution in [2.24, 2.45) is 0 Å². The number of nitrogens with zero attached hydrogens (tertiary/aromatic N) is 4. The van der Waals surface area contributed by atoms with E-state index in [1.807, 2.05) is 36.4 Å². The molecule has 0 saturated carbocycles. The van der Waals surface area contributed by atoms with Gasteiger partial charge in [-0.1, -0.05) is 53.2 Å². The Hall–Kier alpha value is -2.94. The maximum Gasteiger partial charge on any atom is 0.316 e. The molecule has 2 aromatic carbocycles. The van der Waals surface area contributed by atoms with E-state index in [9.17, 15) is 4.79 Å². The molecule has 31 heavy (non-hydrogen) atoms. The second-order valence-corrected chi connectivity index (χ2v) is 8.12. The lowest BCUT2D eigenvalue weighted by atomic mass is 10.2. The molecule has 0 radical (unpaired) electrons. The summed E-state index contributed by atoms with van der Waals surface area (Å²) in [6, 6.07) is 16.3. The molecule has 10 heteroatoms. The van der Waals surface area contributed by atoms with Crippen molar-refractivity contribution in [3.8, 4) is 5.75 Å². The van der Waals surface area contributed by atoms with Gasteiger partial charge in [0.2, 0.25) is 11.0 Å². The Labute approximate surface area is 192 Å². The molecule has 4 rings (SSSR count). The predicted octanol–water partition coefficient (Wildman–Crippen LogP) is 5.10. The van der Waals surface area contributed by atoms with Crippen molar-refractivity contribution in [2.45, 2.75) is 10.9 Å². The number of halogens is 2. The highest BCUT2D eigenvalue weighted by atomic mass is 35.5. The fourth-order valence-electron chi connectivity index (χ4n) is 2.87. The van der Waals surface area contributed by atoms with Crippen molar-refractivity contribution >= 4 is 46.5 Å². The van der Waals surface area contributed by atoms with Crippen LogP contribution in [0.3, 0.4) is 0 Å². The van der Waals surface area contributed by atoms with Crippen LogP contribution in [0.25, 0.3) is 0 Å². The molecule has 1 N–H and O–H groups in total. The summed E-state index contributed by atoms with van der Waals surface area (Å²) < 4.78 is 8.52.